The number of aryl methyl sites for hydroxylation is 1. The average Bonchev–Trinajstić information content (AvgIpc) is 3.01. The molecule has 0 aliphatic carbocycles. The smallest absolute Gasteiger partial charge is 0.242 e. The maximum atomic E-state index is 13.1. The van der Waals surface area contributed by atoms with E-state index < -0.39 is 6.04 Å². The summed E-state index contributed by atoms with van der Waals surface area (Å²) in [5.74, 6) is -0.824. The van der Waals surface area contributed by atoms with Gasteiger partial charge < -0.3 is 5.32 Å². The Balaban J connectivity index is 1.64. The lowest BCUT2D eigenvalue weighted by Gasteiger charge is -2.12. The molecule has 1 aliphatic heterocycles. The van der Waals surface area contributed by atoms with Gasteiger partial charge in [0.05, 0.1) is 0 Å². The minimum Gasteiger partial charge on any atom is -0.324 e. The maximum absolute atomic E-state index is 13.1. The molecule has 1 heterocycles. The Labute approximate surface area is 132 Å². The van der Waals surface area contributed by atoms with E-state index in [0.29, 0.717) is 17.7 Å². The Morgan fingerprint density at radius 2 is 1.78 bits per heavy atom. The molecule has 2 aromatic rings. The van der Waals surface area contributed by atoms with Crippen molar-refractivity contribution in [2.45, 2.75) is 25.4 Å². The lowest BCUT2D eigenvalue weighted by Crippen LogP contribution is -2.39. The summed E-state index contributed by atoms with van der Waals surface area (Å²) in [6, 6.07) is 9.91. The summed E-state index contributed by atoms with van der Waals surface area (Å²) in [6.45, 7) is 1.74. The average molecular weight is 317 g/mol. The zero-order chi connectivity index (χ0) is 16.4. The number of benzene rings is 2. The highest BCUT2D eigenvalue weighted by molar-refractivity contribution is 5.95. The van der Waals surface area contributed by atoms with Crippen molar-refractivity contribution in [1.29, 1.82) is 0 Å². The predicted octanol–water partition coefficient (Wildman–Crippen LogP) is 2.82. The molecule has 1 aliphatic rings. The predicted molar refractivity (Wildman–Crippen MR) is 83.6 cm³/mol. The van der Waals surface area contributed by atoms with E-state index >= 15 is 0 Å². The Morgan fingerprint density at radius 1 is 1.09 bits per heavy atom. The van der Waals surface area contributed by atoms with Gasteiger partial charge in [-0.15, -0.1) is 0 Å². The first-order chi connectivity index (χ1) is 11.0. The molecule has 1 amide bonds. The molecule has 2 unspecified atom stereocenters. The molecule has 1 saturated heterocycles. The number of carbonyl (C=O) groups excluding carboxylic acids is 1. The van der Waals surface area contributed by atoms with E-state index in [1.807, 2.05) is 0 Å². The maximum Gasteiger partial charge on any atom is 0.242 e. The van der Waals surface area contributed by atoms with Crippen molar-refractivity contribution >= 4 is 11.6 Å². The number of carbonyl (C=O) groups is 1. The fraction of sp³-hybridized carbons (Fsp3) is 0.235. The van der Waals surface area contributed by atoms with Gasteiger partial charge in [-0.25, -0.2) is 19.6 Å². The van der Waals surface area contributed by atoms with E-state index in [-0.39, 0.29) is 23.6 Å². The molecule has 0 bridgehead atoms. The summed E-state index contributed by atoms with van der Waals surface area (Å²) in [4.78, 5) is 12.3. The van der Waals surface area contributed by atoms with Crippen molar-refractivity contribution < 1.29 is 13.6 Å². The van der Waals surface area contributed by atoms with Crippen molar-refractivity contribution in [2.24, 2.45) is 0 Å². The van der Waals surface area contributed by atoms with Crippen molar-refractivity contribution in [3.63, 3.8) is 0 Å². The van der Waals surface area contributed by atoms with Crippen molar-refractivity contribution in [1.82, 2.24) is 10.9 Å². The second-order valence-electron chi connectivity index (χ2n) is 5.63. The molecule has 0 aromatic heterocycles. The van der Waals surface area contributed by atoms with E-state index in [9.17, 15) is 13.6 Å². The van der Waals surface area contributed by atoms with Gasteiger partial charge >= 0.3 is 0 Å². The van der Waals surface area contributed by atoms with Crippen LogP contribution in [0.1, 0.15) is 23.6 Å². The van der Waals surface area contributed by atoms with Gasteiger partial charge in [0, 0.05) is 11.7 Å². The van der Waals surface area contributed by atoms with E-state index in [0.717, 1.165) is 5.56 Å². The number of amides is 1. The van der Waals surface area contributed by atoms with Crippen LogP contribution < -0.4 is 16.2 Å². The number of hydrazine groups is 1. The largest absolute Gasteiger partial charge is 0.324 e. The third-order valence-corrected chi connectivity index (χ3v) is 3.94. The van der Waals surface area contributed by atoms with E-state index in [2.05, 4.69) is 16.2 Å². The molecule has 3 N–H and O–H groups in total. The quantitative estimate of drug-likeness (QED) is 0.816. The van der Waals surface area contributed by atoms with Crippen molar-refractivity contribution in [3.05, 3.63) is 65.2 Å². The molecule has 0 saturated carbocycles. The van der Waals surface area contributed by atoms with Crippen LogP contribution in [-0.2, 0) is 4.79 Å². The first-order valence-electron chi connectivity index (χ1n) is 7.36. The van der Waals surface area contributed by atoms with Gasteiger partial charge in [0.25, 0.3) is 0 Å². The molecule has 0 radical (unpaired) electrons. The molecule has 4 nitrogen and oxygen atoms in total. The summed E-state index contributed by atoms with van der Waals surface area (Å²) in [7, 11) is 0. The molecular weight excluding hydrogens is 300 g/mol. The highest BCUT2D eigenvalue weighted by atomic mass is 19.1. The number of rotatable bonds is 3. The zero-order valence-corrected chi connectivity index (χ0v) is 12.6. The van der Waals surface area contributed by atoms with E-state index in [4.69, 9.17) is 0 Å². The monoisotopic (exact) mass is 317 g/mol. The van der Waals surface area contributed by atoms with Gasteiger partial charge in [-0.3, -0.25) is 4.79 Å². The molecule has 3 rings (SSSR count). The van der Waals surface area contributed by atoms with Gasteiger partial charge in [-0.1, -0.05) is 12.1 Å². The molecule has 120 valence electrons. The van der Waals surface area contributed by atoms with Crippen LogP contribution >= 0.6 is 0 Å². The van der Waals surface area contributed by atoms with Crippen LogP contribution in [0.2, 0.25) is 0 Å². The van der Waals surface area contributed by atoms with Crippen LogP contribution in [0.5, 0.6) is 0 Å². The molecule has 23 heavy (non-hydrogen) atoms. The summed E-state index contributed by atoms with van der Waals surface area (Å²) < 4.78 is 26.1. The summed E-state index contributed by atoms with van der Waals surface area (Å²) in [5.41, 5.74) is 8.14. The standard InChI is InChI=1S/C17H17F2N3O/c1-10-8-13(19)6-7-14(10)20-17(23)16-9-15(21-22-16)11-2-4-12(18)5-3-11/h2-8,15-16,21-22H,9H2,1H3,(H,20,23). The molecule has 2 atom stereocenters. The van der Waals surface area contributed by atoms with Crippen molar-refractivity contribution in [3.8, 4) is 0 Å². The summed E-state index contributed by atoms with van der Waals surface area (Å²) >= 11 is 0. The van der Waals surface area contributed by atoms with Gasteiger partial charge in [0.15, 0.2) is 0 Å². The highest BCUT2D eigenvalue weighted by Crippen LogP contribution is 2.23. The molecule has 0 spiro atoms. The molecule has 1 fully saturated rings. The molecule has 6 heteroatoms. The van der Waals surface area contributed by atoms with Crippen LogP contribution in [0, 0.1) is 18.6 Å². The Hall–Kier alpha value is -2.31. The zero-order valence-electron chi connectivity index (χ0n) is 12.6. The first-order valence-corrected chi connectivity index (χ1v) is 7.36. The van der Waals surface area contributed by atoms with Gasteiger partial charge in [0.2, 0.25) is 5.91 Å². The minimum atomic E-state index is -0.422. The van der Waals surface area contributed by atoms with Crippen LogP contribution in [0.15, 0.2) is 42.5 Å². The third kappa shape index (κ3) is 3.55. The Bertz CT molecular complexity index is 718. The topological polar surface area (TPSA) is 53.2 Å². The highest BCUT2D eigenvalue weighted by Gasteiger charge is 2.30. The molecule has 2 aromatic carbocycles. The van der Waals surface area contributed by atoms with Crippen LogP contribution in [0.3, 0.4) is 0 Å². The molecular formula is C17H17F2N3O. The number of nitrogens with one attached hydrogen (secondary N) is 3. The first kappa shape index (κ1) is 15.6. The number of hydrogen-bond acceptors (Lipinski definition) is 3. The van der Waals surface area contributed by atoms with Gasteiger partial charge in [-0.2, -0.15) is 0 Å². The fourth-order valence-electron chi connectivity index (χ4n) is 2.63. The lowest BCUT2D eigenvalue weighted by molar-refractivity contribution is -0.117. The fourth-order valence-corrected chi connectivity index (χ4v) is 2.63. The lowest BCUT2D eigenvalue weighted by atomic mass is 10.0. The van der Waals surface area contributed by atoms with E-state index in [1.165, 1.54) is 24.3 Å². The number of halogens is 2. The van der Waals surface area contributed by atoms with Crippen LogP contribution in [0.25, 0.3) is 0 Å². The number of hydrogen-bond donors (Lipinski definition) is 3. The second kappa shape index (κ2) is 6.44. The minimum absolute atomic E-state index is 0.0688. The van der Waals surface area contributed by atoms with E-state index in [1.54, 1.807) is 25.1 Å². The van der Waals surface area contributed by atoms with Gasteiger partial charge in [0.1, 0.15) is 17.7 Å². The van der Waals surface area contributed by atoms with Gasteiger partial charge in [-0.05, 0) is 54.8 Å². The van der Waals surface area contributed by atoms with Crippen molar-refractivity contribution in [2.75, 3.05) is 5.32 Å². The van der Waals surface area contributed by atoms with Crippen LogP contribution in [0.4, 0.5) is 14.5 Å². The Morgan fingerprint density at radius 3 is 2.48 bits per heavy atom. The summed E-state index contributed by atoms with van der Waals surface area (Å²) in [6.07, 6.45) is 0.539. The Kier molecular flexibility index (Phi) is 4.36. The third-order valence-electron chi connectivity index (χ3n) is 3.94. The normalized spacial score (nSPS) is 20.5. The summed E-state index contributed by atoms with van der Waals surface area (Å²) in [5, 5.41) is 2.79. The SMILES string of the molecule is Cc1cc(F)ccc1NC(=O)C1CC(c2ccc(F)cc2)NN1. The number of anilines is 1. The second-order valence-corrected chi connectivity index (χ2v) is 5.63. The van der Waals surface area contributed by atoms with Crippen LogP contribution in [-0.4, -0.2) is 11.9 Å².